The minimum Gasteiger partial charge on any atom is -0.477 e. The quantitative estimate of drug-likeness (QED) is 0.891. The normalized spacial score (nSPS) is 11.1. The number of carboxylic acids is 1. The number of halogens is 1. The summed E-state index contributed by atoms with van der Waals surface area (Å²) in [5, 5.41) is 9.38. The number of nitrogen functional groups attached to an aromatic ring is 1. The van der Waals surface area contributed by atoms with Crippen molar-refractivity contribution in [1.82, 2.24) is 0 Å². The highest BCUT2D eigenvalue weighted by molar-refractivity contribution is 7.18. The fourth-order valence-electron chi connectivity index (χ4n) is 1.81. The van der Waals surface area contributed by atoms with Crippen molar-refractivity contribution in [3.05, 3.63) is 27.8 Å². The summed E-state index contributed by atoms with van der Waals surface area (Å²) in [6.45, 7) is 3.91. The third kappa shape index (κ3) is 2.11. The number of hydrogen-bond donors (Lipinski definition) is 2. The number of nitrogens with two attached hydrogens (primary N) is 1. The molecule has 0 bridgehead atoms. The fraction of sp³-hybridized carbons (Fsp3) is 0.250. The summed E-state index contributed by atoms with van der Waals surface area (Å²) in [5.41, 5.74) is 7.01. The molecule has 18 heavy (non-hydrogen) atoms. The van der Waals surface area contributed by atoms with E-state index >= 15 is 0 Å². The molecule has 0 radical (unpaired) electrons. The Kier molecular flexibility index (Phi) is 3.36. The molecule has 2 heterocycles. The van der Waals surface area contributed by atoms with Crippen LogP contribution in [0.3, 0.4) is 0 Å². The summed E-state index contributed by atoms with van der Waals surface area (Å²) < 4.78 is 5.34. The van der Waals surface area contributed by atoms with Crippen LogP contribution in [0.1, 0.15) is 35.0 Å². The van der Waals surface area contributed by atoms with E-state index in [1.165, 1.54) is 0 Å². The Hall–Kier alpha value is -1.46. The Morgan fingerprint density at radius 2 is 2.17 bits per heavy atom. The van der Waals surface area contributed by atoms with Crippen LogP contribution in [0.5, 0.6) is 0 Å². The lowest BCUT2D eigenvalue weighted by atomic mass is 10.0. The maximum Gasteiger partial charge on any atom is 0.348 e. The Morgan fingerprint density at radius 3 is 2.61 bits per heavy atom. The molecule has 0 saturated heterocycles. The van der Waals surface area contributed by atoms with Crippen LogP contribution in [-0.4, -0.2) is 11.1 Å². The van der Waals surface area contributed by atoms with Crippen molar-refractivity contribution < 1.29 is 14.3 Å². The molecule has 4 nitrogen and oxygen atoms in total. The molecule has 0 aliphatic rings. The van der Waals surface area contributed by atoms with Gasteiger partial charge in [0, 0.05) is 5.56 Å². The molecule has 0 aromatic carbocycles. The minimum atomic E-state index is -1.02. The monoisotopic (exact) mass is 285 g/mol. The van der Waals surface area contributed by atoms with Crippen LogP contribution in [0.2, 0.25) is 5.22 Å². The predicted octanol–water partition coefficient (Wildman–Crippen LogP) is 4.07. The second-order valence-electron chi connectivity index (χ2n) is 4.15. The predicted molar refractivity (Wildman–Crippen MR) is 72.5 cm³/mol. The number of anilines is 1. The number of rotatable bonds is 3. The third-order valence-corrected chi connectivity index (χ3v) is 3.98. The number of aromatic carboxylic acids is 1. The van der Waals surface area contributed by atoms with Gasteiger partial charge in [-0.2, -0.15) is 0 Å². The molecule has 0 atom stereocenters. The first-order valence-corrected chi connectivity index (χ1v) is 6.52. The second kappa shape index (κ2) is 4.66. The standard InChI is InChI=1S/C12H12ClNO3S/c1-5(2)8-9(14)11(12(15)16)18-10(8)6-3-4-7(13)17-6/h3-5H,14H2,1-2H3,(H,15,16). The van der Waals surface area contributed by atoms with Gasteiger partial charge in [-0.15, -0.1) is 11.3 Å². The molecule has 0 aliphatic carbocycles. The Labute approximate surface area is 113 Å². The molecular weight excluding hydrogens is 274 g/mol. The summed E-state index contributed by atoms with van der Waals surface area (Å²) in [6.07, 6.45) is 0. The third-order valence-electron chi connectivity index (χ3n) is 2.55. The lowest BCUT2D eigenvalue weighted by Crippen LogP contribution is -2.00. The second-order valence-corrected chi connectivity index (χ2v) is 5.54. The molecule has 3 N–H and O–H groups in total. The average Bonchev–Trinajstić information content (AvgIpc) is 2.81. The van der Waals surface area contributed by atoms with E-state index in [0.717, 1.165) is 21.8 Å². The molecule has 0 spiro atoms. The molecular formula is C12H12ClNO3S. The van der Waals surface area contributed by atoms with Gasteiger partial charge in [-0.3, -0.25) is 0 Å². The number of furan rings is 1. The van der Waals surface area contributed by atoms with Crippen molar-refractivity contribution in [2.45, 2.75) is 19.8 Å². The van der Waals surface area contributed by atoms with Gasteiger partial charge in [-0.1, -0.05) is 13.8 Å². The molecule has 2 aromatic heterocycles. The van der Waals surface area contributed by atoms with E-state index in [-0.39, 0.29) is 16.0 Å². The van der Waals surface area contributed by atoms with E-state index in [1.807, 2.05) is 13.8 Å². The average molecular weight is 286 g/mol. The number of hydrogen-bond acceptors (Lipinski definition) is 4. The number of thiophene rings is 1. The van der Waals surface area contributed by atoms with E-state index in [0.29, 0.717) is 11.4 Å². The van der Waals surface area contributed by atoms with Crippen LogP contribution in [0, 0.1) is 0 Å². The largest absolute Gasteiger partial charge is 0.477 e. The van der Waals surface area contributed by atoms with Gasteiger partial charge in [0.05, 0.1) is 10.6 Å². The minimum absolute atomic E-state index is 0.105. The van der Waals surface area contributed by atoms with Gasteiger partial charge in [0.15, 0.2) is 5.22 Å². The van der Waals surface area contributed by atoms with Crippen LogP contribution >= 0.6 is 22.9 Å². The van der Waals surface area contributed by atoms with E-state index in [9.17, 15) is 4.79 Å². The van der Waals surface area contributed by atoms with Crippen molar-refractivity contribution in [3.63, 3.8) is 0 Å². The summed E-state index contributed by atoms with van der Waals surface area (Å²) in [7, 11) is 0. The van der Waals surface area contributed by atoms with Crippen molar-refractivity contribution in [3.8, 4) is 10.6 Å². The molecule has 0 saturated carbocycles. The number of carboxylic acid groups (broad SMARTS) is 1. The first-order valence-electron chi connectivity index (χ1n) is 5.33. The van der Waals surface area contributed by atoms with Gasteiger partial charge in [-0.05, 0) is 29.7 Å². The van der Waals surface area contributed by atoms with E-state index in [4.69, 9.17) is 26.9 Å². The highest BCUT2D eigenvalue weighted by Gasteiger charge is 2.24. The summed E-state index contributed by atoms with van der Waals surface area (Å²) in [4.78, 5) is 12.0. The van der Waals surface area contributed by atoms with E-state index < -0.39 is 5.97 Å². The highest BCUT2D eigenvalue weighted by atomic mass is 35.5. The van der Waals surface area contributed by atoms with Gasteiger partial charge >= 0.3 is 5.97 Å². The van der Waals surface area contributed by atoms with Crippen molar-refractivity contribution in [1.29, 1.82) is 0 Å². The Morgan fingerprint density at radius 1 is 1.50 bits per heavy atom. The lowest BCUT2D eigenvalue weighted by molar-refractivity contribution is 0.0703. The molecule has 0 aliphatic heterocycles. The van der Waals surface area contributed by atoms with Crippen molar-refractivity contribution in [2.75, 3.05) is 5.73 Å². The van der Waals surface area contributed by atoms with Crippen LogP contribution in [0.25, 0.3) is 10.6 Å². The topological polar surface area (TPSA) is 76.5 Å². The van der Waals surface area contributed by atoms with Crippen molar-refractivity contribution >= 4 is 34.6 Å². The van der Waals surface area contributed by atoms with Crippen LogP contribution < -0.4 is 5.73 Å². The van der Waals surface area contributed by atoms with Gasteiger partial charge < -0.3 is 15.3 Å². The van der Waals surface area contributed by atoms with Crippen molar-refractivity contribution in [2.24, 2.45) is 0 Å². The van der Waals surface area contributed by atoms with Gasteiger partial charge in [0.1, 0.15) is 10.6 Å². The van der Waals surface area contributed by atoms with E-state index in [2.05, 4.69) is 0 Å². The molecule has 0 unspecified atom stereocenters. The lowest BCUT2D eigenvalue weighted by Gasteiger charge is -2.06. The zero-order valence-electron chi connectivity index (χ0n) is 9.86. The molecule has 96 valence electrons. The highest BCUT2D eigenvalue weighted by Crippen LogP contribution is 2.43. The molecule has 6 heteroatoms. The van der Waals surface area contributed by atoms with E-state index in [1.54, 1.807) is 12.1 Å². The zero-order chi connectivity index (χ0) is 13.4. The first-order chi connectivity index (χ1) is 8.41. The number of carbonyl (C=O) groups is 1. The maximum absolute atomic E-state index is 11.1. The SMILES string of the molecule is CC(C)c1c(-c2ccc(Cl)o2)sc(C(=O)O)c1N. The summed E-state index contributed by atoms with van der Waals surface area (Å²) in [6, 6.07) is 3.34. The van der Waals surface area contributed by atoms with Crippen LogP contribution in [0.15, 0.2) is 16.5 Å². The van der Waals surface area contributed by atoms with Crippen LogP contribution in [-0.2, 0) is 0 Å². The Balaban J connectivity index is 2.66. The fourth-order valence-corrected chi connectivity index (χ4v) is 3.13. The van der Waals surface area contributed by atoms with Gasteiger partial charge in [0.2, 0.25) is 0 Å². The van der Waals surface area contributed by atoms with Gasteiger partial charge in [0.25, 0.3) is 0 Å². The smallest absolute Gasteiger partial charge is 0.348 e. The maximum atomic E-state index is 11.1. The molecule has 0 amide bonds. The van der Waals surface area contributed by atoms with Crippen LogP contribution in [0.4, 0.5) is 5.69 Å². The molecule has 2 aromatic rings. The summed E-state index contributed by atoms with van der Waals surface area (Å²) >= 11 is 6.85. The first kappa shape index (κ1) is 13.0. The summed E-state index contributed by atoms with van der Waals surface area (Å²) in [5.74, 6) is -0.371. The Bertz CT molecular complexity index is 600. The molecule has 2 rings (SSSR count). The molecule has 0 fully saturated rings. The van der Waals surface area contributed by atoms with Gasteiger partial charge in [-0.25, -0.2) is 4.79 Å². The zero-order valence-corrected chi connectivity index (χ0v) is 11.4.